The van der Waals surface area contributed by atoms with Crippen molar-refractivity contribution in [1.29, 1.82) is 5.41 Å². The van der Waals surface area contributed by atoms with Crippen LogP contribution >= 0.6 is 0 Å². The number of rotatable bonds is 2. The zero-order valence-electron chi connectivity index (χ0n) is 11.7. The van der Waals surface area contributed by atoms with Gasteiger partial charge >= 0.3 is 0 Å². The van der Waals surface area contributed by atoms with Gasteiger partial charge in [-0.05, 0) is 52.2 Å². The summed E-state index contributed by atoms with van der Waals surface area (Å²) < 4.78 is 0. The van der Waals surface area contributed by atoms with Gasteiger partial charge in [0.1, 0.15) is 11.7 Å². The molecule has 0 amide bonds. The first-order valence-electron chi connectivity index (χ1n) is 6.43. The van der Waals surface area contributed by atoms with Crippen molar-refractivity contribution < 1.29 is 0 Å². The molecule has 98 valence electrons. The van der Waals surface area contributed by atoms with Gasteiger partial charge < -0.3 is 10.6 Å². The molecule has 18 heavy (non-hydrogen) atoms. The molecule has 1 saturated heterocycles. The van der Waals surface area contributed by atoms with Crippen molar-refractivity contribution in [1.82, 2.24) is 4.98 Å². The van der Waals surface area contributed by atoms with Crippen molar-refractivity contribution in [3.05, 3.63) is 22.9 Å². The van der Waals surface area contributed by atoms with Crippen LogP contribution in [-0.2, 0) is 0 Å². The van der Waals surface area contributed by atoms with Crippen molar-refractivity contribution in [3.63, 3.8) is 0 Å². The molecule has 0 unspecified atom stereocenters. The third-order valence-electron chi connectivity index (χ3n) is 3.75. The zero-order chi connectivity index (χ0) is 13.5. The fourth-order valence-electron chi connectivity index (χ4n) is 2.85. The van der Waals surface area contributed by atoms with Crippen molar-refractivity contribution >= 4 is 11.7 Å². The second-order valence-electron chi connectivity index (χ2n) is 5.76. The van der Waals surface area contributed by atoms with E-state index in [4.69, 9.17) is 11.1 Å². The number of nitrogens with zero attached hydrogens (tertiary/aromatic N) is 2. The van der Waals surface area contributed by atoms with E-state index in [0.29, 0.717) is 0 Å². The molecule has 0 atom stereocenters. The summed E-state index contributed by atoms with van der Waals surface area (Å²) in [5.74, 6) is 0.986. The van der Waals surface area contributed by atoms with Crippen LogP contribution in [0.15, 0.2) is 6.07 Å². The van der Waals surface area contributed by atoms with Crippen molar-refractivity contribution in [2.75, 3.05) is 11.4 Å². The van der Waals surface area contributed by atoms with Crippen LogP contribution < -0.4 is 10.6 Å². The van der Waals surface area contributed by atoms with Crippen LogP contribution in [0, 0.1) is 19.3 Å². The first kappa shape index (κ1) is 12.9. The Kier molecular flexibility index (Phi) is 3.05. The van der Waals surface area contributed by atoms with Crippen LogP contribution in [0.4, 0.5) is 5.82 Å². The third-order valence-corrected chi connectivity index (χ3v) is 3.75. The summed E-state index contributed by atoms with van der Waals surface area (Å²) in [6.45, 7) is 9.43. The Bertz CT molecular complexity index is 491. The molecule has 0 spiro atoms. The lowest BCUT2D eigenvalue weighted by atomic mass is 10.0. The molecule has 1 aromatic heterocycles. The molecular weight excluding hydrogens is 224 g/mol. The number of hydrogen-bond acceptors (Lipinski definition) is 3. The summed E-state index contributed by atoms with van der Waals surface area (Å²) in [5, 5.41) is 7.79. The number of nitrogens with one attached hydrogen (secondary N) is 1. The van der Waals surface area contributed by atoms with E-state index in [9.17, 15) is 0 Å². The van der Waals surface area contributed by atoms with Crippen LogP contribution in [0.1, 0.15) is 43.5 Å². The lowest BCUT2D eigenvalue weighted by molar-refractivity contribution is 0.514. The van der Waals surface area contributed by atoms with Gasteiger partial charge in [0.2, 0.25) is 0 Å². The lowest BCUT2D eigenvalue weighted by Crippen LogP contribution is -2.40. The quantitative estimate of drug-likeness (QED) is 0.622. The minimum absolute atomic E-state index is 0.0947. The van der Waals surface area contributed by atoms with Gasteiger partial charge in [0.25, 0.3) is 0 Å². The highest BCUT2D eigenvalue weighted by atomic mass is 15.3. The molecule has 1 aliphatic heterocycles. The molecule has 0 aromatic carbocycles. The highest BCUT2D eigenvalue weighted by molar-refractivity contribution is 6.01. The van der Waals surface area contributed by atoms with E-state index in [1.165, 1.54) is 6.42 Å². The Balaban J connectivity index is 2.59. The Morgan fingerprint density at radius 3 is 2.61 bits per heavy atom. The van der Waals surface area contributed by atoms with E-state index < -0.39 is 0 Å². The first-order valence-corrected chi connectivity index (χ1v) is 6.43. The van der Waals surface area contributed by atoms with Crippen molar-refractivity contribution in [3.8, 4) is 0 Å². The van der Waals surface area contributed by atoms with E-state index >= 15 is 0 Å². The Morgan fingerprint density at radius 2 is 2.11 bits per heavy atom. The average molecular weight is 246 g/mol. The summed E-state index contributed by atoms with van der Waals surface area (Å²) in [4.78, 5) is 6.93. The lowest BCUT2D eigenvalue weighted by Gasteiger charge is -2.34. The van der Waals surface area contributed by atoms with Gasteiger partial charge in [0, 0.05) is 17.8 Å². The van der Waals surface area contributed by atoms with Gasteiger partial charge in [-0.15, -0.1) is 0 Å². The molecule has 0 bridgehead atoms. The van der Waals surface area contributed by atoms with Crippen LogP contribution in [0.2, 0.25) is 0 Å². The second kappa shape index (κ2) is 4.26. The number of amidine groups is 1. The molecule has 1 fully saturated rings. The van der Waals surface area contributed by atoms with E-state index in [1.807, 2.05) is 19.9 Å². The van der Waals surface area contributed by atoms with Gasteiger partial charge in [-0.1, -0.05) is 0 Å². The largest absolute Gasteiger partial charge is 0.384 e. The molecule has 0 radical (unpaired) electrons. The van der Waals surface area contributed by atoms with Crippen LogP contribution in [0.3, 0.4) is 0 Å². The standard InChI is InChI=1S/C14H22N4/c1-9-8-10(2)17-13(11(9)12(15)16)18-7-5-6-14(18,3)4/h8H,5-7H2,1-4H3,(H3,15,16). The average Bonchev–Trinajstić information content (AvgIpc) is 2.55. The van der Waals surface area contributed by atoms with Crippen LogP contribution in [0.5, 0.6) is 0 Å². The van der Waals surface area contributed by atoms with E-state index in [0.717, 1.165) is 35.6 Å². The molecule has 2 heterocycles. The van der Waals surface area contributed by atoms with Gasteiger partial charge in [0.15, 0.2) is 0 Å². The molecule has 4 heteroatoms. The van der Waals surface area contributed by atoms with E-state index in [1.54, 1.807) is 0 Å². The van der Waals surface area contributed by atoms with Crippen molar-refractivity contribution in [2.45, 2.75) is 46.1 Å². The first-order chi connectivity index (χ1) is 8.33. The predicted octanol–water partition coefficient (Wildman–Crippen LogP) is 2.36. The fourth-order valence-corrected chi connectivity index (χ4v) is 2.85. The summed E-state index contributed by atoms with van der Waals surface area (Å²) >= 11 is 0. The van der Waals surface area contributed by atoms with Gasteiger partial charge in [-0.25, -0.2) is 4.98 Å². The van der Waals surface area contributed by atoms with E-state index in [-0.39, 0.29) is 11.4 Å². The Hall–Kier alpha value is -1.58. The Labute approximate surface area is 109 Å². The maximum absolute atomic E-state index is 7.79. The Morgan fingerprint density at radius 1 is 1.44 bits per heavy atom. The number of nitrogen functional groups attached to an aromatic ring is 1. The van der Waals surface area contributed by atoms with Crippen molar-refractivity contribution in [2.24, 2.45) is 5.73 Å². The van der Waals surface area contributed by atoms with E-state index in [2.05, 4.69) is 23.7 Å². The van der Waals surface area contributed by atoms with Crippen LogP contribution in [0.25, 0.3) is 0 Å². The molecule has 0 saturated carbocycles. The van der Waals surface area contributed by atoms with Gasteiger partial charge in [-0.2, -0.15) is 0 Å². The molecule has 4 nitrogen and oxygen atoms in total. The molecule has 3 N–H and O–H groups in total. The van der Waals surface area contributed by atoms with Crippen LogP contribution in [-0.4, -0.2) is 22.9 Å². The molecule has 2 rings (SSSR count). The zero-order valence-corrected chi connectivity index (χ0v) is 11.7. The monoisotopic (exact) mass is 246 g/mol. The number of hydrogen-bond donors (Lipinski definition) is 2. The minimum Gasteiger partial charge on any atom is -0.384 e. The molecular formula is C14H22N4. The molecule has 0 aliphatic carbocycles. The highest BCUT2D eigenvalue weighted by Gasteiger charge is 2.34. The normalized spacial score (nSPS) is 18.1. The highest BCUT2D eigenvalue weighted by Crippen LogP contribution is 2.35. The van der Waals surface area contributed by atoms with Gasteiger partial charge in [-0.3, -0.25) is 5.41 Å². The predicted molar refractivity (Wildman–Crippen MR) is 75.4 cm³/mol. The molecule has 1 aromatic rings. The summed E-state index contributed by atoms with van der Waals surface area (Å²) in [6.07, 6.45) is 2.32. The summed E-state index contributed by atoms with van der Waals surface area (Å²) in [5.41, 5.74) is 8.64. The number of pyridine rings is 1. The number of aromatic nitrogens is 1. The fraction of sp³-hybridized carbons (Fsp3) is 0.571. The third kappa shape index (κ3) is 2.07. The smallest absolute Gasteiger partial charge is 0.140 e. The minimum atomic E-state index is 0.0947. The number of aryl methyl sites for hydroxylation is 2. The number of anilines is 1. The SMILES string of the molecule is Cc1cc(C)c(C(=N)N)c(N2CCCC2(C)C)n1. The topological polar surface area (TPSA) is 66.0 Å². The van der Waals surface area contributed by atoms with Gasteiger partial charge in [0.05, 0.1) is 5.56 Å². The maximum Gasteiger partial charge on any atom is 0.140 e. The summed E-state index contributed by atoms with van der Waals surface area (Å²) in [7, 11) is 0. The maximum atomic E-state index is 7.79. The summed E-state index contributed by atoms with van der Waals surface area (Å²) in [6, 6.07) is 1.99. The number of nitrogens with two attached hydrogens (primary N) is 1. The molecule has 1 aliphatic rings. The second-order valence-corrected chi connectivity index (χ2v) is 5.76.